The van der Waals surface area contributed by atoms with E-state index in [1.807, 2.05) is 87.3 Å². The lowest BCUT2D eigenvalue weighted by Crippen LogP contribution is -2.33. The molecule has 0 N–H and O–H groups in total. The maximum atomic E-state index is 13.4. The van der Waals surface area contributed by atoms with Crippen LogP contribution in [-0.4, -0.2) is 34.1 Å². The number of pyridine rings is 1. The van der Waals surface area contributed by atoms with E-state index in [1.165, 1.54) is 23.1 Å². The molecule has 0 atom stereocenters. The Morgan fingerprint density at radius 3 is 2.54 bits per heavy atom. The van der Waals surface area contributed by atoms with Crippen LogP contribution in [0.2, 0.25) is 0 Å². The van der Waals surface area contributed by atoms with Gasteiger partial charge in [-0.15, -0.1) is 11.3 Å². The Bertz CT molecular complexity index is 1660. The van der Waals surface area contributed by atoms with Crippen LogP contribution in [0.5, 0.6) is 0 Å². The summed E-state index contributed by atoms with van der Waals surface area (Å²) in [6.07, 6.45) is 9.86. The highest BCUT2D eigenvalue weighted by Gasteiger charge is 2.38. The minimum Gasteiger partial charge on any atom is -0.344 e. The molecule has 1 amide bonds. The standard InChI is InChI=1S/C28H28N5O2S2/c1-5-32-25(34)22(17-16-20-15-14-19-11-7-8-12-21(19)31(20)4)36-27(32)24-26(35)33(6-2)28(37-24)29-23-13-9-10-18-30(23)3/h7-18H,5-6H2,1-4H3/q+1. The topological polar surface area (TPSA) is 61.8 Å². The van der Waals surface area contributed by atoms with E-state index in [0.717, 1.165) is 22.8 Å². The van der Waals surface area contributed by atoms with Gasteiger partial charge in [-0.3, -0.25) is 19.1 Å². The number of para-hydroxylation sites is 1. The summed E-state index contributed by atoms with van der Waals surface area (Å²) in [5.41, 5.74) is 3.16. The number of amidine groups is 1. The van der Waals surface area contributed by atoms with Crippen molar-refractivity contribution in [3.8, 4) is 0 Å². The third-order valence-electron chi connectivity index (χ3n) is 6.36. The quantitative estimate of drug-likeness (QED) is 0.487. The predicted molar refractivity (Wildman–Crippen MR) is 153 cm³/mol. The summed E-state index contributed by atoms with van der Waals surface area (Å²) in [4.78, 5) is 35.8. The Balaban J connectivity index is 1.59. The van der Waals surface area contributed by atoms with Gasteiger partial charge in [0.25, 0.3) is 16.6 Å². The molecule has 4 heterocycles. The summed E-state index contributed by atoms with van der Waals surface area (Å²) in [5.74, 6) is 0.633. The van der Waals surface area contributed by atoms with Crippen molar-refractivity contribution in [3.63, 3.8) is 0 Å². The van der Waals surface area contributed by atoms with Gasteiger partial charge in [0.15, 0.2) is 0 Å². The van der Waals surface area contributed by atoms with Crippen LogP contribution in [-0.2, 0) is 18.4 Å². The first-order valence-corrected chi connectivity index (χ1v) is 13.8. The molecule has 0 aliphatic carbocycles. The lowest BCUT2D eigenvalue weighted by molar-refractivity contribution is -0.658. The van der Waals surface area contributed by atoms with Crippen molar-refractivity contribution in [3.05, 3.63) is 91.6 Å². The number of likely N-dealkylation sites (N-methyl/N-ethyl adjacent to an activating group) is 1. The summed E-state index contributed by atoms with van der Waals surface area (Å²) in [6.45, 7) is 4.83. The van der Waals surface area contributed by atoms with E-state index in [2.05, 4.69) is 23.1 Å². The third kappa shape index (κ3) is 4.60. The molecule has 3 aromatic rings. The highest BCUT2D eigenvalue weighted by Crippen LogP contribution is 2.32. The number of amides is 1. The Hall–Kier alpha value is -3.69. The number of allylic oxidation sites excluding steroid dienone is 2. The highest BCUT2D eigenvalue weighted by atomic mass is 32.2. The van der Waals surface area contributed by atoms with Crippen LogP contribution in [0.3, 0.4) is 0 Å². The molecule has 0 radical (unpaired) electrons. The van der Waals surface area contributed by atoms with Gasteiger partial charge in [-0.05, 0) is 66.5 Å². The van der Waals surface area contributed by atoms with Gasteiger partial charge in [-0.2, -0.15) is 0 Å². The number of thiazole rings is 1. The number of nitrogens with zero attached hydrogens (tertiary/aromatic N) is 5. The second kappa shape index (κ2) is 10.4. The third-order valence-corrected chi connectivity index (χ3v) is 8.70. The van der Waals surface area contributed by atoms with Crippen LogP contribution in [0.15, 0.2) is 76.3 Å². The molecule has 5 rings (SSSR count). The predicted octanol–water partition coefficient (Wildman–Crippen LogP) is 2.97. The number of fused-ring (bicyclic) bond motifs is 1. The highest BCUT2D eigenvalue weighted by molar-refractivity contribution is 8.23. The normalized spacial score (nSPS) is 19.5. The van der Waals surface area contributed by atoms with Crippen molar-refractivity contribution < 1.29 is 9.36 Å². The second-order valence-electron chi connectivity index (χ2n) is 8.57. The van der Waals surface area contributed by atoms with Gasteiger partial charge in [-0.25, -0.2) is 4.57 Å². The first-order valence-electron chi connectivity index (χ1n) is 12.1. The first kappa shape index (κ1) is 25.0. The Kier molecular flexibility index (Phi) is 6.99. The summed E-state index contributed by atoms with van der Waals surface area (Å²) in [5, 5.41) is 0.619. The van der Waals surface area contributed by atoms with E-state index < -0.39 is 0 Å². The number of hydrogen-bond acceptors (Lipinski definition) is 6. The fourth-order valence-electron chi connectivity index (χ4n) is 4.30. The number of anilines is 1. The van der Waals surface area contributed by atoms with Gasteiger partial charge in [0.1, 0.15) is 9.57 Å². The van der Waals surface area contributed by atoms with Crippen LogP contribution in [0.4, 0.5) is 11.5 Å². The lowest BCUT2D eigenvalue weighted by atomic mass is 10.1. The number of carbonyl (C=O) groups excluding carboxylic acids is 1. The number of rotatable bonds is 4. The summed E-state index contributed by atoms with van der Waals surface area (Å²) < 4.78 is 4.86. The van der Waals surface area contributed by atoms with E-state index in [1.54, 1.807) is 9.47 Å². The molecule has 2 aliphatic heterocycles. The van der Waals surface area contributed by atoms with Crippen molar-refractivity contribution in [2.45, 2.75) is 20.4 Å². The maximum Gasteiger partial charge on any atom is 0.326 e. The molecular weight excluding hydrogens is 502 g/mol. The molecular formula is C28H28N5O2S2+. The van der Waals surface area contributed by atoms with E-state index >= 15 is 0 Å². The van der Waals surface area contributed by atoms with Crippen molar-refractivity contribution in [1.82, 2.24) is 9.47 Å². The van der Waals surface area contributed by atoms with E-state index in [-0.39, 0.29) is 11.5 Å². The molecule has 1 aromatic carbocycles. The number of benzene rings is 1. The fourth-order valence-corrected chi connectivity index (χ4v) is 6.64. The molecule has 0 bridgehead atoms. The van der Waals surface area contributed by atoms with Gasteiger partial charge in [-0.1, -0.05) is 30.3 Å². The zero-order valence-electron chi connectivity index (χ0n) is 21.2. The van der Waals surface area contributed by atoms with Gasteiger partial charge in [0.05, 0.1) is 17.8 Å². The molecule has 188 valence electrons. The van der Waals surface area contributed by atoms with Crippen LogP contribution in [0.1, 0.15) is 19.4 Å². The molecule has 0 saturated carbocycles. The van der Waals surface area contributed by atoms with Crippen LogP contribution >= 0.6 is 23.1 Å². The second-order valence-corrected chi connectivity index (χ2v) is 10.6. The Morgan fingerprint density at radius 1 is 1.00 bits per heavy atom. The molecule has 2 aliphatic rings. The average Bonchev–Trinajstić information content (AvgIpc) is 3.39. The Labute approximate surface area is 223 Å². The van der Waals surface area contributed by atoms with Crippen LogP contribution < -0.4 is 24.2 Å². The maximum absolute atomic E-state index is 13.4. The average molecular weight is 531 g/mol. The van der Waals surface area contributed by atoms with Crippen molar-refractivity contribution in [2.75, 3.05) is 18.5 Å². The first-order chi connectivity index (χ1) is 17.9. The number of aryl methyl sites for hydroxylation is 1. The molecule has 1 saturated heterocycles. The van der Waals surface area contributed by atoms with Crippen molar-refractivity contribution in [2.24, 2.45) is 12.0 Å². The minimum atomic E-state index is -0.121. The Morgan fingerprint density at radius 2 is 1.78 bits per heavy atom. The summed E-state index contributed by atoms with van der Waals surface area (Å²) in [7, 11) is 3.94. The number of aromatic nitrogens is 2. The van der Waals surface area contributed by atoms with Crippen molar-refractivity contribution in [1.29, 1.82) is 0 Å². The molecule has 9 heteroatoms. The van der Waals surface area contributed by atoms with E-state index in [4.69, 9.17) is 4.99 Å². The van der Waals surface area contributed by atoms with Crippen molar-refractivity contribution >= 4 is 62.7 Å². The number of aliphatic imine (C=N–C) groups is 1. The summed E-state index contributed by atoms with van der Waals surface area (Å²) in [6, 6.07) is 14.0. The number of hydrogen-bond donors (Lipinski definition) is 0. The SMILES string of the molecule is CCN1C(=O)C(=c2sc(=CC=C3C=Cc4ccccc4N3C)c(=O)n2CC)SC1=Nc1cccc[n+]1C. The molecule has 0 spiro atoms. The minimum absolute atomic E-state index is 0.0917. The number of carbonyl (C=O) groups is 1. The van der Waals surface area contributed by atoms with Crippen LogP contribution in [0.25, 0.3) is 17.1 Å². The van der Waals surface area contributed by atoms with Gasteiger partial charge in [0, 0.05) is 37.6 Å². The number of thioether (sulfide) groups is 1. The largest absolute Gasteiger partial charge is 0.344 e. The van der Waals surface area contributed by atoms with Gasteiger partial charge >= 0.3 is 5.82 Å². The van der Waals surface area contributed by atoms with Gasteiger partial charge < -0.3 is 4.90 Å². The smallest absolute Gasteiger partial charge is 0.326 e. The fraction of sp³-hybridized carbons (Fsp3) is 0.214. The van der Waals surface area contributed by atoms with E-state index in [9.17, 15) is 9.59 Å². The summed E-state index contributed by atoms with van der Waals surface area (Å²) >= 11 is 2.68. The molecule has 37 heavy (non-hydrogen) atoms. The monoisotopic (exact) mass is 530 g/mol. The van der Waals surface area contributed by atoms with E-state index in [0.29, 0.717) is 32.4 Å². The molecule has 0 unspecified atom stereocenters. The zero-order chi connectivity index (χ0) is 26.1. The molecule has 1 fully saturated rings. The van der Waals surface area contributed by atoms with Crippen LogP contribution in [0, 0.1) is 0 Å². The molecule has 2 aromatic heterocycles. The molecule has 7 nitrogen and oxygen atoms in total. The lowest BCUT2D eigenvalue weighted by Gasteiger charge is -2.25. The zero-order valence-corrected chi connectivity index (χ0v) is 22.8. The van der Waals surface area contributed by atoms with Gasteiger partial charge in [0.2, 0.25) is 0 Å².